The minimum absolute atomic E-state index is 0.0623. The first-order chi connectivity index (χ1) is 12.5. The lowest BCUT2D eigenvalue weighted by Crippen LogP contribution is -2.42. The fraction of sp³-hybridized carbons (Fsp3) is 0.652. The second kappa shape index (κ2) is 5.68. The van der Waals surface area contributed by atoms with Crippen LogP contribution in [0.15, 0.2) is 12.1 Å². The number of fused-ring (bicyclic) bond motifs is 6. The molecule has 1 unspecified atom stereocenters. The van der Waals surface area contributed by atoms with E-state index in [1.165, 1.54) is 23.1 Å². The van der Waals surface area contributed by atoms with Crippen LogP contribution in [0.2, 0.25) is 0 Å². The number of aryl methyl sites for hydroxylation is 1. The van der Waals surface area contributed by atoms with Crippen molar-refractivity contribution in [2.24, 2.45) is 17.3 Å². The van der Waals surface area contributed by atoms with Crippen molar-refractivity contribution in [3.63, 3.8) is 0 Å². The van der Waals surface area contributed by atoms with E-state index in [9.17, 15) is 9.59 Å². The molecule has 3 heteroatoms. The van der Waals surface area contributed by atoms with Gasteiger partial charge in [0.2, 0.25) is 0 Å². The third-order valence-corrected chi connectivity index (χ3v) is 8.10. The Kier molecular flexibility index (Phi) is 3.61. The van der Waals surface area contributed by atoms with Gasteiger partial charge in [-0.2, -0.15) is 0 Å². The number of ether oxygens (including phenoxy) is 1. The highest BCUT2D eigenvalue weighted by Gasteiger charge is 2.54. The predicted octanol–water partition coefficient (Wildman–Crippen LogP) is 4.91. The highest BCUT2D eigenvalue weighted by Crippen LogP contribution is 2.60. The fourth-order valence-electron chi connectivity index (χ4n) is 6.52. The van der Waals surface area contributed by atoms with Crippen molar-refractivity contribution >= 4 is 11.8 Å². The van der Waals surface area contributed by atoms with Gasteiger partial charge in [-0.05, 0) is 85.0 Å². The first-order valence-electron chi connectivity index (χ1n) is 10.4. The Labute approximate surface area is 155 Å². The summed E-state index contributed by atoms with van der Waals surface area (Å²) in [4.78, 5) is 24.4. The molecule has 4 aliphatic rings. The van der Waals surface area contributed by atoms with E-state index in [1.54, 1.807) is 0 Å². The summed E-state index contributed by atoms with van der Waals surface area (Å²) in [7, 11) is 0. The molecular weight excluding hydrogens is 324 g/mol. The van der Waals surface area contributed by atoms with Crippen LogP contribution in [0, 0.1) is 17.3 Å². The number of ketones is 1. The monoisotopic (exact) mass is 352 g/mol. The molecule has 5 rings (SSSR count). The van der Waals surface area contributed by atoms with Crippen LogP contribution < -0.4 is 4.74 Å². The summed E-state index contributed by atoms with van der Waals surface area (Å²) in [5, 5.41) is 0. The van der Waals surface area contributed by atoms with Crippen LogP contribution in [0.25, 0.3) is 0 Å². The van der Waals surface area contributed by atoms with Crippen LogP contribution >= 0.6 is 0 Å². The maximum absolute atomic E-state index is 12.5. The average molecular weight is 352 g/mol. The third kappa shape index (κ3) is 2.25. The maximum Gasteiger partial charge on any atom is 0.311 e. The molecule has 26 heavy (non-hydrogen) atoms. The minimum Gasteiger partial charge on any atom is -0.426 e. The number of Topliss-reactive ketones (excluding diaryl/α,β-unsaturated/α-hetero) is 1. The first kappa shape index (κ1) is 16.5. The Morgan fingerprint density at radius 2 is 1.85 bits per heavy atom. The van der Waals surface area contributed by atoms with Gasteiger partial charge in [0.1, 0.15) is 11.5 Å². The molecule has 1 aromatic carbocycles. The summed E-state index contributed by atoms with van der Waals surface area (Å²) in [6.07, 6.45) is 7.65. The van der Waals surface area contributed by atoms with E-state index in [0.29, 0.717) is 35.9 Å². The summed E-state index contributed by atoms with van der Waals surface area (Å²) in [5.74, 6) is 3.37. The Morgan fingerprint density at radius 3 is 2.69 bits per heavy atom. The first-order valence-corrected chi connectivity index (χ1v) is 10.4. The van der Waals surface area contributed by atoms with Gasteiger partial charge in [0, 0.05) is 18.3 Å². The highest BCUT2D eigenvalue weighted by molar-refractivity contribution is 5.87. The van der Waals surface area contributed by atoms with Crippen molar-refractivity contribution in [1.82, 2.24) is 0 Å². The smallest absolute Gasteiger partial charge is 0.311 e. The zero-order valence-corrected chi connectivity index (χ0v) is 15.8. The third-order valence-electron chi connectivity index (χ3n) is 8.10. The lowest BCUT2D eigenvalue weighted by Gasteiger charge is -2.48. The van der Waals surface area contributed by atoms with Crippen molar-refractivity contribution in [2.45, 2.75) is 77.0 Å². The summed E-state index contributed by atoms with van der Waals surface area (Å²) in [5.41, 5.74) is 4.02. The Morgan fingerprint density at radius 1 is 1.00 bits per heavy atom. The quantitative estimate of drug-likeness (QED) is 0.492. The molecule has 1 heterocycles. The molecular formula is C23H28O3. The predicted molar refractivity (Wildman–Crippen MR) is 99.4 cm³/mol. The number of carbonyl (C=O) groups is 2. The molecule has 138 valence electrons. The molecule has 2 fully saturated rings. The normalized spacial score (nSPS) is 38.5. The van der Waals surface area contributed by atoms with Gasteiger partial charge in [0.15, 0.2) is 0 Å². The van der Waals surface area contributed by atoms with Crippen molar-refractivity contribution in [3.8, 4) is 5.75 Å². The largest absolute Gasteiger partial charge is 0.426 e. The second-order valence-electron chi connectivity index (χ2n) is 9.34. The van der Waals surface area contributed by atoms with E-state index in [2.05, 4.69) is 26.0 Å². The number of carbonyl (C=O) groups excluding carboxylic acids is 2. The van der Waals surface area contributed by atoms with E-state index in [-0.39, 0.29) is 11.4 Å². The molecule has 0 spiro atoms. The summed E-state index contributed by atoms with van der Waals surface area (Å²) in [6, 6.07) is 4.53. The zero-order chi connectivity index (χ0) is 18.1. The molecule has 1 aromatic rings. The van der Waals surface area contributed by atoms with Gasteiger partial charge in [0.05, 0.1) is 0 Å². The topological polar surface area (TPSA) is 43.4 Å². The molecule has 1 aliphatic heterocycles. The van der Waals surface area contributed by atoms with Gasteiger partial charge in [-0.1, -0.05) is 19.9 Å². The van der Waals surface area contributed by atoms with E-state index in [0.717, 1.165) is 44.3 Å². The molecule has 3 aliphatic carbocycles. The van der Waals surface area contributed by atoms with Gasteiger partial charge in [0.25, 0.3) is 0 Å². The Bertz CT molecular complexity index is 795. The van der Waals surface area contributed by atoms with Crippen LogP contribution in [0.5, 0.6) is 5.75 Å². The van der Waals surface area contributed by atoms with Gasteiger partial charge >= 0.3 is 5.97 Å². The lowest BCUT2D eigenvalue weighted by molar-refractivity contribution is -0.134. The highest BCUT2D eigenvalue weighted by atomic mass is 16.5. The van der Waals surface area contributed by atoms with E-state index in [1.807, 2.05) is 0 Å². The molecule has 5 atom stereocenters. The molecule has 3 nitrogen and oxygen atoms in total. The molecule has 0 saturated heterocycles. The zero-order valence-electron chi connectivity index (χ0n) is 15.8. The summed E-state index contributed by atoms with van der Waals surface area (Å²) >= 11 is 0. The van der Waals surface area contributed by atoms with Crippen molar-refractivity contribution in [2.75, 3.05) is 0 Å². The van der Waals surface area contributed by atoms with Crippen molar-refractivity contribution in [3.05, 3.63) is 28.8 Å². The molecule has 0 N–H and O–H groups in total. The maximum atomic E-state index is 12.5. The second-order valence-corrected chi connectivity index (χ2v) is 9.34. The number of benzene rings is 1. The molecule has 0 amide bonds. The van der Waals surface area contributed by atoms with Gasteiger partial charge in [-0.3, -0.25) is 9.59 Å². The summed E-state index contributed by atoms with van der Waals surface area (Å²) < 4.78 is 5.65. The lowest BCUT2D eigenvalue weighted by atomic mass is 9.55. The SMILES string of the molecule is CC1CCC(=O)Oc2cc3c(cc21)[C@H]1CC[C@]2(C)C(=O)CC[C@H]2[C@@H]1CC3. The van der Waals surface area contributed by atoms with Crippen LogP contribution in [0.3, 0.4) is 0 Å². The average Bonchev–Trinajstić information content (AvgIpc) is 2.86. The van der Waals surface area contributed by atoms with Crippen molar-refractivity contribution < 1.29 is 14.3 Å². The van der Waals surface area contributed by atoms with Gasteiger partial charge in [-0.25, -0.2) is 0 Å². The summed E-state index contributed by atoms with van der Waals surface area (Å²) in [6.45, 7) is 4.44. The molecule has 0 aromatic heterocycles. The fourth-order valence-corrected chi connectivity index (χ4v) is 6.52. The minimum atomic E-state index is -0.0952. The van der Waals surface area contributed by atoms with Crippen molar-refractivity contribution in [1.29, 1.82) is 0 Å². The Hall–Kier alpha value is -1.64. The standard InChI is InChI=1S/C23H28O3/c1-13-3-8-22(25)26-20-11-14-4-5-16-15(18(14)12-17(13)20)9-10-23(2)19(16)6-7-21(23)24/h11-13,15-16,19H,3-10H2,1-2H3/t13?,15-,16+,19-,23-/m0/s1. The number of hydrogen-bond acceptors (Lipinski definition) is 3. The number of rotatable bonds is 0. The van der Waals surface area contributed by atoms with Gasteiger partial charge < -0.3 is 4.74 Å². The number of hydrogen-bond donors (Lipinski definition) is 0. The Balaban J connectivity index is 1.55. The van der Waals surface area contributed by atoms with Crippen LogP contribution in [0.1, 0.15) is 87.3 Å². The molecule has 0 radical (unpaired) electrons. The van der Waals surface area contributed by atoms with Crippen LogP contribution in [-0.2, 0) is 16.0 Å². The number of esters is 1. The van der Waals surface area contributed by atoms with Crippen LogP contribution in [-0.4, -0.2) is 11.8 Å². The van der Waals surface area contributed by atoms with E-state index in [4.69, 9.17) is 4.74 Å². The van der Waals surface area contributed by atoms with Gasteiger partial charge in [-0.15, -0.1) is 0 Å². The molecule has 2 saturated carbocycles. The van der Waals surface area contributed by atoms with Crippen LogP contribution in [0.4, 0.5) is 0 Å². The van der Waals surface area contributed by atoms with E-state index >= 15 is 0 Å². The molecule has 0 bridgehead atoms. The van der Waals surface area contributed by atoms with E-state index < -0.39 is 0 Å².